The lowest BCUT2D eigenvalue weighted by atomic mass is 10.0. The van der Waals surface area contributed by atoms with Gasteiger partial charge >= 0.3 is 0 Å². The van der Waals surface area contributed by atoms with Gasteiger partial charge in [0.15, 0.2) is 0 Å². The van der Waals surface area contributed by atoms with Crippen molar-refractivity contribution in [3.05, 3.63) is 59.0 Å². The van der Waals surface area contributed by atoms with Gasteiger partial charge in [-0.05, 0) is 31.9 Å². The van der Waals surface area contributed by atoms with Gasteiger partial charge in [-0.3, -0.25) is 4.79 Å². The van der Waals surface area contributed by atoms with Crippen LogP contribution in [-0.4, -0.2) is 61.1 Å². The molecular formula is C24H28N6O4. The van der Waals surface area contributed by atoms with Gasteiger partial charge in [-0.2, -0.15) is 0 Å². The summed E-state index contributed by atoms with van der Waals surface area (Å²) in [5.41, 5.74) is 8.25. The van der Waals surface area contributed by atoms with Crippen molar-refractivity contribution >= 4 is 28.8 Å². The molecule has 0 saturated carbocycles. The SMILES string of the molecule is [C-]#[N+]/C(=C\c1c(-c2ccc(C)cc2)c2c(N)ncnc2n1CCCO)C(=O)NC(C)(CO)CO. The predicted molar refractivity (Wildman–Crippen MR) is 129 cm³/mol. The number of benzene rings is 1. The Morgan fingerprint density at radius 1 is 1.24 bits per heavy atom. The molecule has 0 aliphatic heterocycles. The number of fused-ring (bicyclic) bond motifs is 1. The van der Waals surface area contributed by atoms with Crippen LogP contribution in [0.2, 0.25) is 0 Å². The van der Waals surface area contributed by atoms with Crippen LogP contribution in [0.25, 0.3) is 33.1 Å². The van der Waals surface area contributed by atoms with Gasteiger partial charge in [-0.15, -0.1) is 0 Å². The molecule has 2 heterocycles. The molecule has 0 saturated heterocycles. The largest absolute Gasteiger partial charge is 0.396 e. The van der Waals surface area contributed by atoms with Gasteiger partial charge in [-0.1, -0.05) is 29.8 Å². The summed E-state index contributed by atoms with van der Waals surface area (Å²) in [6, 6.07) is 7.71. The molecule has 0 atom stereocenters. The molecule has 10 heteroatoms. The van der Waals surface area contributed by atoms with Crippen LogP contribution in [-0.2, 0) is 11.3 Å². The van der Waals surface area contributed by atoms with Crippen molar-refractivity contribution in [2.45, 2.75) is 32.4 Å². The molecule has 6 N–H and O–H groups in total. The number of aryl methyl sites for hydroxylation is 2. The molecule has 0 aliphatic carbocycles. The molecule has 0 aliphatic rings. The zero-order valence-corrected chi connectivity index (χ0v) is 19.1. The Morgan fingerprint density at radius 3 is 2.50 bits per heavy atom. The fourth-order valence-corrected chi connectivity index (χ4v) is 3.57. The maximum atomic E-state index is 12.9. The zero-order chi connectivity index (χ0) is 24.9. The molecule has 1 aromatic carbocycles. The van der Waals surface area contributed by atoms with E-state index >= 15 is 0 Å². The van der Waals surface area contributed by atoms with Crippen molar-refractivity contribution in [1.82, 2.24) is 19.9 Å². The van der Waals surface area contributed by atoms with Crippen LogP contribution < -0.4 is 11.1 Å². The van der Waals surface area contributed by atoms with Crippen molar-refractivity contribution in [2.75, 3.05) is 25.6 Å². The van der Waals surface area contributed by atoms with Crippen LogP contribution >= 0.6 is 0 Å². The molecule has 3 aromatic rings. The first-order valence-electron chi connectivity index (χ1n) is 10.7. The number of carbonyl (C=O) groups is 1. The van der Waals surface area contributed by atoms with E-state index in [0.29, 0.717) is 35.3 Å². The average molecular weight is 465 g/mol. The van der Waals surface area contributed by atoms with Crippen LogP contribution in [0, 0.1) is 13.5 Å². The molecule has 2 aromatic heterocycles. The van der Waals surface area contributed by atoms with E-state index in [1.165, 1.54) is 19.3 Å². The second-order valence-corrected chi connectivity index (χ2v) is 8.28. The normalized spacial score (nSPS) is 12.1. The molecule has 0 spiro atoms. The number of anilines is 1. The van der Waals surface area contributed by atoms with Crippen LogP contribution in [0.15, 0.2) is 36.3 Å². The number of aromatic nitrogens is 3. The number of rotatable bonds is 9. The Kier molecular flexibility index (Phi) is 7.63. The Bertz CT molecular complexity index is 1250. The second-order valence-electron chi connectivity index (χ2n) is 8.28. The van der Waals surface area contributed by atoms with E-state index < -0.39 is 24.7 Å². The van der Waals surface area contributed by atoms with Gasteiger partial charge in [-0.25, -0.2) is 14.8 Å². The first kappa shape index (κ1) is 24.9. The van der Waals surface area contributed by atoms with E-state index in [9.17, 15) is 20.1 Å². The molecule has 1 amide bonds. The third-order valence-corrected chi connectivity index (χ3v) is 5.53. The van der Waals surface area contributed by atoms with Gasteiger partial charge < -0.3 is 30.9 Å². The molecule has 0 fully saturated rings. The number of hydrogen-bond acceptors (Lipinski definition) is 7. The summed E-state index contributed by atoms with van der Waals surface area (Å²) in [5, 5.41) is 31.6. The molecule has 0 radical (unpaired) electrons. The van der Waals surface area contributed by atoms with Crippen molar-refractivity contribution in [1.29, 1.82) is 0 Å². The topological polar surface area (TPSA) is 151 Å². The third kappa shape index (κ3) is 4.92. The quantitative estimate of drug-likeness (QED) is 0.238. The summed E-state index contributed by atoms with van der Waals surface area (Å²) in [7, 11) is 0. The molecule has 178 valence electrons. The van der Waals surface area contributed by atoms with Gasteiger partial charge in [0, 0.05) is 24.4 Å². The summed E-state index contributed by atoms with van der Waals surface area (Å²) in [4.78, 5) is 24.8. The van der Waals surface area contributed by atoms with Crippen LogP contribution in [0.3, 0.4) is 0 Å². The minimum Gasteiger partial charge on any atom is -0.396 e. The fourth-order valence-electron chi connectivity index (χ4n) is 3.57. The van der Waals surface area contributed by atoms with E-state index in [-0.39, 0.29) is 18.1 Å². The van der Waals surface area contributed by atoms with E-state index in [2.05, 4.69) is 20.1 Å². The van der Waals surface area contributed by atoms with Crippen LogP contribution in [0.5, 0.6) is 0 Å². The van der Waals surface area contributed by atoms with E-state index in [0.717, 1.165) is 11.1 Å². The van der Waals surface area contributed by atoms with Crippen LogP contribution in [0.4, 0.5) is 5.82 Å². The number of hydrogen-bond donors (Lipinski definition) is 5. The highest BCUT2D eigenvalue weighted by Gasteiger charge is 2.28. The Balaban J connectivity index is 2.30. The Hall–Kier alpha value is -3.78. The summed E-state index contributed by atoms with van der Waals surface area (Å²) in [5.74, 6) is -0.492. The second kappa shape index (κ2) is 10.4. The van der Waals surface area contributed by atoms with E-state index in [1.54, 1.807) is 4.57 Å². The lowest BCUT2D eigenvalue weighted by molar-refractivity contribution is -0.120. The summed E-state index contributed by atoms with van der Waals surface area (Å²) in [6.07, 6.45) is 3.19. The molecular weight excluding hydrogens is 436 g/mol. The highest BCUT2D eigenvalue weighted by atomic mass is 16.3. The minimum atomic E-state index is -1.29. The van der Waals surface area contributed by atoms with Crippen molar-refractivity contribution < 1.29 is 20.1 Å². The van der Waals surface area contributed by atoms with Crippen molar-refractivity contribution in [2.24, 2.45) is 0 Å². The minimum absolute atomic E-state index is 0.0647. The number of aliphatic hydroxyl groups excluding tert-OH is 3. The highest BCUT2D eigenvalue weighted by molar-refractivity contribution is 6.07. The summed E-state index contributed by atoms with van der Waals surface area (Å²) >= 11 is 0. The van der Waals surface area contributed by atoms with Crippen molar-refractivity contribution in [3.63, 3.8) is 0 Å². The first-order valence-corrected chi connectivity index (χ1v) is 10.7. The smallest absolute Gasteiger partial charge is 0.252 e. The first-order chi connectivity index (χ1) is 16.3. The molecule has 0 bridgehead atoms. The predicted octanol–water partition coefficient (Wildman–Crippen LogP) is 1.49. The number of carbonyl (C=O) groups excluding carboxylic acids is 1. The standard InChI is InChI=1S/C24H28N6O4/c1-15-5-7-16(8-6-15)19-18(11-17(26-3)23(34)29-24(2,12-32)13-33)30(9-4-10-31)22-20(19)21(25)27-14-28-22/h5-8,11,14,31-33H,4,9-10,12-13H2,1-2H3,(H,29,34)(H2,25,27,28)/b17-11-. The van der Waals surface area contributed by atoms with E-state index in [4.69, 9.17) is 12.3 Å². The fraction of sp³-hybridized carbons (Fsp3) is 0.333. The lowest BCUT2D eigenvalue weighted by Gasteiger charge is -2.26. The maximum Gasteiger partial charge on any atom is 0.252 e. The lowest BCUT2D eigenvalue weighted by Crippen LogP contribution is -2.52. The van der Waals surface area contributed by atoms with Crippen molar-refractivity contribution in [3.8, 4) is 11.1 Å². The zero-order valence-electron chi connectivity index (χ0n) is 19.1. The number of nitrogens with two attached hydrogens (primary N) is 1. The molecule has 3 rings (SSSR count). The number of amides is 1. The van der Waals surface area contributed by atoms with E-state index in [1.807, 2.05) is 31.2 Å². The number of aliphatic hydroxyl groups is 3. The third-order valence-electron chi connectivity index (χ3n) is 5.53. The number of nitrogen functional groups attached to an aromatic ring is 1. The van der Waals surface area contributed by atoms with Gasteiger partial charge in [0.1, 0.15) is 17.8 Å². The molecule has 10 nitrogen and oxygen atoms in total. The Labute approximate surface area is 197 Å². The molecule has 0 unspecified atom stereocenters. The summed E-state index contributed by atoms with van der Waals surface area (Å²) in [6.45, 7) is 10.3. The van der Waals surface area contributed by atoms with Crippen LogP contribution in [0.1, 0.15) is 24.6 Å². The van der Waals surface area contributed by atoms with Gasteiger partial charge in [0.05, 0.1) is 30.7 Å². The monoisotopic (exact) mass is 464 g/mol. The maximum absolute atomic E-state index is 12.9. The number of nitrogens with zero attached hydrogens (tertiary/aromatic N) is 4. The highest BCUT2D eigenvalue weighted by Crippen LogP contribution is 2.38. The Morgan fingerprint density at radius 2 is 1.91 bits per heavy atom. The van der Waals surface area contributed by atoms with Gasteiger partial charge in [0.2, 0.25) is 0 Å². The average Bonchev–Trinajstić information content (AvgIpc) is 3.15. The molecule has 34 heavy (non-hydrogen) atoms. The summed E-state index contributed by atoms with van der Waals surface area (Å²) < 4.78 is 1.80. The van der Waals surface area contributed by atoms with Gasteiger partial charge in [0.25, 0.3) is 11.6 Å². The number of nitrogens with one attached hydrogen (secondary N) is 1.